The van der Waals surface area contributed by atoms with Crippen LogP contribution in [0.1, 0.15) is 13.3 Å². The molecule has 1 fully saturated rings. The molecule has 0 saturated carbocycles. The first-order valence-electron chi connectivity index (χ1n) is 4.99. The molecule has 0 aromatic heterocycles. The molecule has 0 radical (unpaired) electrons. The highest BCUT2D eigenvalue weighted by Crippen LogP contribution is 2.20. The lowest BCUT2D eigenvalue weighted by atomic mass is 10.0. The van der Waals surface area contributed by atoms with Crippen LogP contribution in [-0.2, 0) is 9.53 Å². The van der Waals surface area contributed by atoms with Crippen molar-refractivity contribution in [1.29, 1.82) is 0 Å². The minimum Gasteiger partial charge on any atom is -0.468 e. The molecular formula is C10H19NO2S. The molecule has 1 rings (SSSR count). The van der Waals surface area contributed by atoms with Crippen LogP contribution in [-0.4, -0.2) is 49.1 Å². The zero-order valence-corrected chi connectivity index (χ0v) is 9.97. The second-order valence-electron chi connectivity index (χ2n) is 3.88. The minimum absolute atomic E-state index is 0.0318. The van der Waals surface area contributed by atoms with E-state index in [4.69, 9.17) is 4.74 Å². The van der Waals surface area contributed by atoms with Gasteiger partial charge in [-0.05, 0) is 24.3 Å². The molecule has 3 nitrogen and oxygen atoms in total. The molecule has 1 aliphatic rings. The summed E-state index contributed by atoms with van der Waals surface area (Å²) in [6, 6.07) is 0.0318. The van der Waals surface area contributed by atoms with Crippen molar-refractivity contribution in [3.63, 3.8) is 0 Å². The summed E-state index contributed by atoms with van der Waals surface area (Å²) in [6.07, 6.45) is 3.07. The Morgan fingerprint density at radius 3 is 2.86 bits per heavy atom. The summed E-state index contributed by atoms with van der Waals surface area (Å²) >= 11 is 1.86. The first kappa shape index (κ1) is 11.9. The van der Waals surface area contributed by atoms with Crippen molar-refractivity contribution in [1.82, 2.24) is 4.90 Å². The van der Waals surface area contributed by atoms with E-state index in [1.54, 1.807) is 0 Å². The van der Waals surface area contributed by atoms with Crippen LogP contribution in [0.3, 0.4) is 0 Å². The van der Waals surface area contributed by atoms with E-state index in [1.807, 2.05) is 11.8 Å². The summed E-state index contributed by atoms with van der Waals surface area (Å²) in [7, 11) is 1.46. The van der Waals surface area contributed by atoms with Crippen LogP contribution in [0.25, 0.3) is 0 Å². The third-order valence-corrected chi connectivity index (χ3v) is 3.50. The molecule has 1 saturated heterocycles. The van der Waals surface area contributed by atoms with Gasteiger partial charge in [-0.25, -0.2) is 0 Å². The van der Waals surface area contributed by atoms with E-state index in [0.717, 1.165) is 25.3 Å². The average molecular weight is 217 g/mol. The Morgan fingerprint density at radius 2 is 2.43 bits per heavy atom. The standard InChI is InChI=1S/C10H19NO2S/c1-8(7-14-3)6-11-5-4-9(11)10(12)13-2/h8-9H,4-7H2,1-3H3. The van der Waals surface area contributed by atoms with Gasteiger partial charge in [0.25, 0.3) is 0 Å². The van der Waals surface area contributed by atoms with Gasteiger partial charge in [0.1, 0.15) is 6.04 Å². The molecule has 0 spiro atoms. The largest absolute Gasteiger partial charge is 0.468 e. The number of likely N-dealkylation sites (tertiary alicyclic amines) is 1. The maximum atomic E-state index is 11.3. The molecule has 14 heavy (non-hydrogen) atoms. The lowest BCUT2D eigenvalue weighted by Crippen LogP contribution is -2.54. The molecular weight excluding hydrogens is 198 g/mol. The molecule has 2 unspecified atom stereocenters. The lowest BCUT2D eigenvalue weighted by Gasteiger charge is -2.40. The maximum Gasteiger partial charge on any atom is 0.323 e. The summed E-state index contributed by atoms with van der Waals surface area (Å²) in [6.45, 7) is 4.28. The van der Waals surface area contributed by atoms with E-state index in [1.165, 1.54) is 7.11 Å². The van der Waals surface area contributed by atoms with Crippen LogP contribution in [0.5, 0.6) is 0 Å². The predicted octanol–water partition coefficient (Wildman–Crippen LogP) is 1.23. The van der Waals surface area contributed by atoms with Gasteiger partial charge in [-0.3, -0.25) is 9.69 Å². The van der Waals surface area contributed by atoms with Crippen LogP contribution in [0.15, 0.2) is 0 Å². The van der Waals surface area contributed by atoms with Gasteiger partial charge in [0.15, 0.2) is 0 Å². The monoisotopic (exact) mass is 217 g/mol. The second kappa shape index (κ2) is 5.61. The maximum absolute atomic E-state index is 11.3. The van der Waals surface area contributed by atoms with Gasteiger partial charge in [-0.1, -0.05) is 6.92 Å². The zero-order valence-electron chi connectivity index (χ0n) is 9.16. The van der Waals surface area contributed by atoms with Crippen molar-refractivity contribution in [3.05, 3.63) is 0 Å². The Kier molecular flexibility index (Phi) is 4.75. The lowest BCUT2D eigenvalue weighted by molar-refractivity contribution is -0.152. The van der Waals surface area contributed by atoms with Crippen molar-refractivity contribution in [3.8, 4) is 0 Å². The number of hydrogen-bond donors (Lipinski definition) is 0. The molecule has 0 aromatic rings. The summed E-state index contributed by atoms with van der Waals surface area (Å²) in [4.78, 5) is 13.5. The normalized spacial score (nSPS) is 24.1. The molecule has 0 bridgehead atoms. The first-order valence-corrected chi connectivity index (χ1v) is 6.39. The minimum atomic E-state index is -0.0763. The Morgan fingerprint density at radius 1 is 1.71 bits per heavy atom. The quantitative estimate of drug-likeness (QED) is 0.648. The number of thioether (sulfide) groups is 1. The van der Waals surface area contributed by atoms with E-state index in [-0.39, 0.29) is 12.0 Å². The van der Waals surface area contributed by atoms with Gasteiger partial charge in [0.2, 0.25) is 0 Å². The van der Waals surface area contributed by atoms with Crippen molar-refractivity contribution < 1.29 is 9.53 Å². The average Bonchev–Trinajstić information content (AvgIpc) is 2.13. The molecule has 2 atom stereocenters. The van der Waals surface area contributed by atoms with Gasteiger partial charge in [0.05, 0.1) is 7.11 Å². The molecule has 0 aliphatic carbocycles. The predicted molar refractivity (Wildman–Crippen MR) is 59.5 cm³/mol. The summed E-state index contributed by atoms with van der Waals surface area (Å²) in [5.41, 5.74) is 0. The van der Waals surface area contributed by atoms with E-state index < -0.39 is 0 Å². The fourth-order valence-electron chi connectivity index (χ4n) is 1.80. The van der Waals surface area contributed by atoms with Gasteiger partial charge in [0, 0.05) is 13.1 Å². The number of esters is 1. The molecule has 0 amide bonds. The summed E-state index contributed by atoms with van der Waals surface area (Å²) in [5.74, 6) is 1.73. The Hall–Kier alpha value is -0.220. The second-order valence-corrected chi connectivity index (χ2v) is 4.79. The fraction of sp³-hybridized carbons (Fsp3) is 0.900. The molecule has 82 valence electrons. The number of carbonyl (C=O) groups is 1. The van der Waals surface area contributed by atoms with Crippen molar-refractivity contribution in [2.75, 3.05) is 32.2 Å². The number of ether oxygens (including phenoxy) is 1. The van der Waals surface area contributed by atoms with Crippen molar-refractivity contribution >= 4 is 17.7 Å². The number of hydrogen-bond acceptors (Lipinski definition) is 4. The van der Waals surface area contributed by atoms with Crippen LogP contribution in [0.4, 0.5) is 0 Å². The van der Waals surface area contributed by atoms with E-state index >= 15 is 0 Å². The number of nitrogens with zero attached hydrogens (tertiary/aromatic N) is 1. The molecule has 4 heteroatoms. The fourth-order valence-corrected chi connectivity index (χ4v) is 2.47. The summed E-state index contributed by atoms with van der Waals surface area (Å²) in [5, 5.41) is 0. The van der Waals surface area contributed by atoms with E-state index in [9.17, 15) is 4.79 Å². The van der Waals surface area contributed by atoms with Crippen LogP contribution in [0.2, 0.25) is 0 Å². The Balaban J connectivity index is 2.28. The summed E-state index contributed by atoms with van der Waals surface area (Å²) < 4.78 is 4.74. The molecule has 1 heterocycles. The van der Waals surface area contributed by atoms with Gasteiger partial charge < -0.3 is 4.74 Å². The molecule has 0 aromatic carbocycles. The number of methoxy groups -OCH3 is 1. The van der Waals surface area contributed by atoms with Crippen molar-refractivity contribution in [2.24, 2.45) is 5.92 Å². The topological polar surface area (TPSA) is 29.5 Å². The first-order chi connectivity index (χ1) is 6.69. The van der Waals surface area contributed by atoms with Crippen LogP contribution < -0.4 is 0 Å². The smallest absolute Gasteiger partial charge is 0.323 e. The zero-order chi connectivity index (χ0) is 10.6. The SMILES string of the molecule is COC(=O)C1CCN1CC(C)CSC. The van der Waals surface area contributed by atoms with Crippen LogP contribution >= 0.6 is 11.8 Å². The van der Waals surface area contributed by atoms with Gasteiger partial charge in [-0.2, -0.15) is 11.8 Å². The highest BCUT2D eigenvalue weighted by Gasteiger charge is 2.35. The molecule has 1 aliphatic heterocycles. The third kappa shape index (κ3) is 2.89. The Labute approximate surface area is 90.2 Å². The van der Waals surface area contributed by atoms with Gasteiger partial charge in [-0.15, -0.1) is 0 Å². The molecule has 0 N–H and O–H groups in total. The highest BCUT2D eigenvalue weighted by molar-refractivity contribution is 7.98. The van der Waals surface area contributed by atoms with Gasteiger partial charge >= 0.3 is 5.97 Å². The number of carbonyl (C=O) groups excluding carboxylic acids is 1. The van der Waals surface area contributed by atoms with Crippen LogP contribution in [0, 0.1) is 5.92 Å². The van der Waals surface area contributed by atoms with E-state index in [0.29, 0.717) is 5.92 Å². The van der Waals surface area contributed by atoms with Crippen molar-refractivity contribution in [2.45, 2.75) is 19.4 Å². The highest BCUT2D eigenvalue weighted by atomic mass is 32.2. The number of rotatable bonds is 5. The van der Waals surface area contributed by atoms with E-state index in [2.05, 4.69) is 18.1 Å². The third-order valence-electron chi connectivity index (χ3n) is 2.60. The Bertz CT molecular complexity index is 199.